The number of rotatable bonds is 7. The quantitative estimate of drug-likeness (QED) is 0.600. The van der Waals surface area contributed by atoms with Gasteiger partial charge < -0.3 is 10.4 Å². The van der Waals surface area contributed by atoms with Crippen LogP contribution in [0.2, 0.25) is 5.02 Å². The largest absolute Gasteiger partial charge is 0.481 e. The van der Waals surface area contributed by atoms with Gasteiger partial charge in [0, 0.05) is 22.9 Å². The molecule has 1 rings (SSSR count). The first-order chi connectivity index (χ1) is 9.04. The van der Waals surface area contributed by atoms with E-state index < -0.39 is 5.97 Å². The molecule has 104 valence electrons. The van der Waals surface area contributed by atoms with E-state index in [9.17, 15) is 9.59 Å². The zero-order chi connectivity index (χ0) is 14.3. The zero-order valence-corrected chi connectivity index (χ0v) is 12.2. The average molecular weight is 302 g/mol. The average Bonchev–Trinajstić information content (AvgIpc) is 2.35. The van der Waals surface area contributed by atoms with Crippen LogP contribution in [0.3, 0.4) is 0 Å². The van der Waals surface area contributed by atoms with E-state index in [0.717, 1.165) is 10.6 Å². The lowest BCUT2D eigenvalue weighted by Gasteiger charge is -2.09. The minimum atomic E-state index is -0.858. The van der Waals surface area contributed by atoms with Crippen LogP contribution in [-0.2, 0) is 4.79 Å². The summed E-state index contributed by atoms with van der Waals surface area (Å²) in [5, 5.41) is 11.8. The van der Waals surface area contributed by atoms with Crippen LogP contribution < -0.4 is 5.32 Å². The molecule has 0 saturated heterocycles. The van der Waals surface area contributed by atoms with E-state index in [1.165, 1.54) is 0 Å². The van der Waals surface area contributed by atoms with Crippen LogP contribution in [0.25, 0.3) is 0 Å². The van der Waals surface area contributed by atoms with Gasteiger partial charge in [0.25, 0.3) is 5.91 Å². The van der Waals surface area contributed by atoms with Crippen molar-refractivity contribution in [2.45, 2.75) is 24.7 Å². The number of aliphatic carboxylic acids is 1. The molecule has 1 aromatic carbocycles. The Bertz CT molecular complexity index is 465. The maximum absolute atomic E-state index is 12.0. The molecule has 4 nitrogen and oxygen atoms in total. The number of carbonyl (C=O) groups is 2. The molecular weight excluding hydrogens is 286 g/mol. The number of halogens is 1. The summed E-state index contributed by atoms with van der Waals surface area (Å²) in [5.74, 6) is -0.208. The summed E-state index contributed by atoms with van der Waals surface area (Å²) in [6, 6.07) is 5.13. The summed E-state index contributed by atoms with van der Waals surface area (Å²) in [7, 11) is 0. The first-order valence-corrected chi connectivity index (χ1v) is 7.33. The smallest absolute Gasteiger partial charge is 0.303 e. The van der Waals surface area contributed by atoms with E-state index in [-0.39, 0.29) is 12.3 Å². The number of carboxylic acid groups (broad SMARTS) is 1. The Kier molecular flexibility index (Phi) is 6.73. The molecule has 0 aliphatic rings. The molecule has 0 heterocycles. The van der Waals surface area contributed by atoms with Gasteiger partial charge in [0.05, 0.1) is 5.56 Å². The number of amides is 1. The summed E-state index contributed by atoms with van der Waals surface area (Å²) in [5.41, 5.74) is 0.576. The molecule has 0 fully saturated rings. The predicted molar refractivity (Wildman–Crippen MR) is 77.1 cm³/mol. The number of carbonyl (C=O) groups excluding carboxylic acids is 1. The first-order valence-electron chi connectivity index (χ1n) is 5.97. The van der Waals surface area contributed by atoms with Crippen LogP contribution in [0.15, 0.2) is 23.1 Å². The standard InChI is InChI=1S/C13H16ClNO3S/c1-2-19-11-8-9(14)5-6-10(11)13(18)15-7-3-4-12(16)17/h5-6,8H,2-4,7H2,1H3,(H,15,18)(H,16,17). The third kappa shape index (κ3) is 5.53. The number of hydrogen-bond acceptors (Lipinski definition) is 3. The monoisotopic (exact) mass is 301 g/mol. The summed E-state index contributed by atoms with van der Waals surface area (Å²) < 4.78 is 0. The number of hydrogen-bond donors (Lipinski definition) is 2. The molecule has 0 aliphatic carbocycles. The Balaban J connectivity index is 2.63. The molecule has 2 N–H and O–H groups in total. The lowest BCUT2D eigenvalue weighted by molar-refractivity contribution is -0.137. The highest BCUT2D eigenvalue weighted by molar-refractivity contribution is 7.99. The zero-order valence-electron chi connectivity index (χ0n) is 10.6. The van der Waals surface area contributed by atoms with E-state index in [0.29, 0.717) is 23.6 Å². The van der Waals surface area contributed by atoms with Gasteiger partial charge >= 0.3 is 5.97 Å². The SMILES string of the molecule is CCSc1cc(Cl)ccc1C(=O)NCCCC(=O)O. The molecule has 0 radical (unpaired) electrons. The maximum atomic E-state index is 12.0. The van der Waals surface area contributed by atoms with E-state index in [2.05, 4.69) is 5.32 Å². The van der Waals surface area contributed by atoms with Crippen molar-refractivity contribution in [2.75, 3.05) is 12.3 Å². The lowest BCUT2D eigenvalue weighted by atomic mass is 10.2. The van der Waals surface area contributed by atoms with Crippen LogP contribution in [0.1, 0.15) is 30.1 Å². The second-order valence-electron chi connectivity index (χ2n) is 3.83. The summed E-state index contributed by atoms with van der Waals surface area (Å²) >= 11 is 7.46. The van der Waals surface area contributed by atoms with Gasteiger partial charge in [-0.05, 0) is 30.4 Å². The highest BCUT2D eigenvalue weighted by Gasteiger charge is 2.11. The van der Waals surface area contributed by atoms with Crippen LogP contribution in [-0.4, -0.2) is 29.3 Å². The van der Waals surface area contributed by atoms with Gasteiger partial charge in [-0.1, -0.05) is 18.5 Å². The van der Waals surface area contributed by atoms with Crippen molar-refractivity contribution in [3.63, 3.8) is 0 Å². The lowest BCUT2D eigenvalue weighted by Crippen LogP contribution is -2.25. The van der Waals surface area contributed by atoms with E-state index in [1.807, 2.05) is 6.92 Å². The van der Waals surface area contributed by atoms with Gasteiger partial charge in [0.2, 0.25) is 0 Å². The van der Waals surface area contributed by atoms with Crippen LogP contribution >= 0.6 is 23.4 Å². The van der Waals surface area contributed by atoms with Crippen LogP contribution in [0.5, 0.6) is 0 Å². The fourth-order valence-corrected chi connectivity index (χ4v) is 2.57. The Hall–Kier alpha value is -1.20. The maximum Gasteiger partial charge on any atom is 0.303 e. The van der Waals surface area contributed by atoms with Gasteiger partial charge in [0.15, 0.2) is 0 Å². The Morgan fingerprint density at radius 1 is 1.42 bits per heavy atom. The van der Waals surface area contributed by atoms with Gasteiger partial charge in [-0.15, -0.1) is 11.8 Å². The molecule has 0 spiro atoms. The van der Waals surface area contributed by atoms with Gasteiger partial charge in [0.1, 0.15) is 0 Å². The number of nitrogens with one attached hydrogen (secondary N) is 1. The number of carboxylic acids is 1. The normalized spacial score (nSPS) is 10.2. The molecule has 0 aliphatic heterocycles. The summed E-state index contributed by atoms with van der Waals surface area (Å²) in [4.78, 5) is 23.2. The summed E-state index contributed by atoms with van der Waals surface area (Å²) in [6.07, 6.45) is 0.475. The van der Waals surface area contributed by atoms with Crippen molar-refractivity contribution >= 4 is 35.2 Å². The van der Waals surface area contributed by atoms with Gasteiger partial charge in [-0.25, -0.2) is 0 Å². The number of thioether (sulfide) groups is 1. The fourth-order valence-electron chi connectivity index (χ4n) is 1.50. The highest BCUT2D eigenvalue weighted by atomic mass is 35.5. The molecule has 0 atom stereocenters. The minimum absolute atomic E-state index is 0.0530. The van der Waals surface area contributed by atoms with Crippen molar-refractivity contribution in [3.8, 4) is 0 Å². The van der Waals surface area contributed by atoms with Crippen molar-refractivity contribution < 1.29 is 14.7 Å². The molecule has 1 aromatic rings. The first kappa shape index (κ1) is 15.9. The Morgan fingerprint density at radius 2 is 2.16 bits per heavy atom. The highest BCUT2D eigenvalue weighted by Crippen LogP contribution is 2.26. The third-order valence-corrected chi connectivity index (χ3v) is 3.51. The molecule has 19 heavy (non-hydrogen) atoms. The van der Waals surface area contributed by atoms with Crippen molar-refractivity contribution in [1.82, 2.24) is 5.32 Å². The van der Waals surface area contributed by atoms with Crippen molar-refractivity contribution in [3.05, 3.63) is 28.8 Å². The predicted octanol–water partition coefficient (Wildman–Crippen LogP) is 3.05. The summed E-state index contributed by atoms with van der Waals surface area (Å²) in [6.45, 7) is 2.35. The Labute approximate surface area is 121 Å². The molecular formula is C13H16ClNO3S. The fraction of sp³-hybridized carbons (Fsp3) is 0.385. The van der Waals surface area contributed by atoms with Gasteiger partial charge in [-0.3, -0.25) is 9.59 Å². The third-order valence-electron chi connectivity index (χ3n) is 2.34. The van der Waals surface area contributed by atoms with Crippen molar-refractivity contribution in [2.24, 2.45) is 0 Å². The second kappa shape index (κ2) is 8.07. The topological polar surface area (TPSA) is 66.4 Å². The molecule has 1 amide bonds. The van der Waals surface area contributed by atoms with E-state index in [1.54, 1.807) is 30.0 Å². The van der Waals surface area contributed by atoms with E-state index >= 15 is 0 Å². The second-order valence-corrected chi connectivity index (χ2v) is 5.57. The minimum Gasteiger partial charge on any atom is -0.481 e. The molecule has 0 aromatic heterocycles. The van der Waals surface area contributed by atoms with E-state index in [4.69, 9.17) is 16.7 Å². The molecule has 0 bridgehead atoms. The molecule has 6 heteroatoms. The number of benzene rings is 1. The van der Waals surface area contributed by atoms with Crippen LogP contribution in [0, 0.1) is 0 Å². The van der Waals surface area contributed by atoms with Gasteiger partial charge in [-0.2, -0.15) is 0 Å². The Morgan fingerprint density at radius 3 is 2.79 bits per heavy atom. The van der Waals surface area contributed by atoms with Crippen LogP contribution in [0.4, 0.5) is 0 Å². The van der Waals surface area contributed by atoms with Crippen molar-refractivity contribution in [1.29, 1.82) is 0 Å². The molecule has 0 saturated carbocycles. The molecule has 0 unspecified atom stereocenters.